The summed E-state index contributed by atoms with van der Waals surface area (Å²) in [5, 5.41) is 3.17. The molecule has 1 N–H and O–H groups in total. The highest BCUT2D eigenvalue weighted by atomic mass is 35.5. The molecule has 1 aliphatic rings. The molecule has 5 nitrogen and oxygen atoms in total. The minimum absolute atomic E-state index is 0.109. The van der Waals surface area contributed by atoms with Crippen LogP contribution in [0, 0.1) is 0 Å². The SMILES string of the molecule is O=C(/C=C\C(=O)N1C/C(=C\c2ccccc2)C(=O)/C(=C/c2ccccc2)C1)Nc1c(Cl)cccc1Cl. The van der Waals surface area contributed by atoms with Gasteiger partial charge in [0.1, 0.15) is 0 Å². The zero-order valence-corrected chi connectivity index (χ0v) is 20.7. The first kappa shape index (κ1) is 25.2. The Labute approximate surface area is 219 Å². The summed E-state index contributed by atoms with van der Waals surface area (Å²) in [6.45, 7) is 0.252. The number of anilines is 1. The Balaban J connectivity index is 1.56. The van der Waals surface area contributed by atoms with Crippen LogP contribution in [0.25, 0.3) is 12.2 Å². The molecule has 180 valence electrons. The Morgan fingerprint density at radius 2 is 1.22 bits per heavy atom. The van der Waals surface area contributed by atoms with Crippen molar-refractivity contribution in [3.63, 3.8) is 0 Å². The summed E-state index contributed by atoms with van der Waals surface area (Å²) >= 11 is 12.2. The maximum Gasteiger partial charge on any atom is 0.248 e. The van der Waals surface area contributed by atoms with E-state index in [0.29, 0.717) is 11.1 Å². The van der Waals surface area contributed by atoms with Gasteiger partial charge in [-0.1, -0.05) is 89.9 Å². The normalized spacial score (nSPS) is 16.1. The van der Waals surface area contributed by atoms with E-state index in [0.717, 1.165) is 17.2 Å². The third-order valence-corrected chi connectivity index (χ3v) is 6.12. The molecular weight excluding hydrogens is 495 g/mol. The van der Waals surface area contributed by atoms with Gasteiger partial charge in [0, 0.05) is 23.3 Å². The molecule has 2 amide bonds. The molecule has 4 rings (SSSR count). The van der Waals surface area contributed by atoms with Gasteiger partial charge in [0.15, 0.2) is 5.78 Å². The van der Waals surface area contributed by atoms with Crippen LogP contribution in [0.15, 0.2) is 102 Å². The summed E-state index contributed by atoms with van der Waals surface area (Å²) in [5.41, 5.74) is 2.97. The second kappa shape index (κ2) is 11.7. The molecule has 36 heavy (non-hydrogen) atoms. The second-order valence-corrected chi connectivity index (χ2v) is 8.92. The molecular formula is C29H22Cl2N2O3. The first-order valence-corrected chi connectivity index (χ1v) is 11.9. The summed E-state index contributed by atoms with van der Waals surface area (Å²) in [6, 6.07) is 23.8. The van der Waals surface area contributed by atoms with Crippen molar-refractivity contribution in [3.05, 3.63) is 123 Å². The van der Waals surface area contributed by atoms with Crippen LogP contribution in [-0.2, 0) is 14.4 Å². The topological polar surface area (TPSA) is 66.5 Å². The number of para-hydroxylation sites is 1. The Morgan fingerprint density at radius 3 is 1.72 bits per heavy atom. The fourth-order valence-corrected chi connectivity index (χ4v) is 4.22. The molecule has 0 spiro atoms. The van der Waals surface area contributed by atoms with E-state index in [9.17, 15) is 14.4 Å². The number of likely N-dealkylation sites (tertiary alicyclic amines) is 1. The fourth-order valence-electron chi connectivity index (χ4n) is 3.73. The van der Waals surface area contributed by atoms with Crippen LogP contribution in [0.5, 0.6) is 0 Å². The average molecular weight is 517 g/mol. The van der Waals surface area contributed by atoms with Gasteiger partial charge >= 0.3 is 0 Å². The number of nitrogens with zero attached hydrogens (tertiary/aromatic N) is 1. The van der Waals surface area contributed by atoms with Gasteiger partial charge in [-0.2, -0.15) is 0 Å². The molecule has 1 aliphatic heterocycles. The van der Waals surface area contributed by atoms with Crippen LogP contribution < -0.4 is 5.32 Å². The third kappa shape index (κ3) is 6.39. The van der Waals surface area contributed by atoms with Crippen LogP contribution in [0.2, 0.25) is 10.0 Å². The third-order valence-electron chi connectivity index (χ3n) is 5.49. The Hall–Kier alpha value is -3.93. The second-order valence-electron chi connectivity index (χ2n) is 8.10. The highest BCUT2D eigenvalue weighted by Gasteiger charge is 2.28. The maximum absolute atomic E-state index is 13.3. The Kier molecular flexibility index (Phi) is 8.16. The minimum atomic E-state index is -0.550. The predicted molar refractivity (Wildman–Crippen MR) is 145 cm³/mol. The van der Waals surface area contributed by atoms with Crippen molar-refractivity contribution in [2.75, 3.05) is 18.4 Å². The summed E-state index contributed by atoms with van der Waals surface area (Å²) in [6.07, 6.45) is 5.88. The Bertz CT molecular complexity index is 1300. The van der Waals surface area contributed by atoms with Gasteiger partial charge < -0.3 is 10.2 Å². The number of nitrogens with one attached hydrogen (secondary N) is 1. The largest absolute Gasteiger partial charge is 0.330 e. The number of benzene rings is 3. The fraction of sp³-hybridized carbons (Fsp3) is 0.0690. The molecule has 3 aromatic rings. The summed E-state index contributed by atoms with van der Waals surface area (Å²) < 4.78 is 0. The monoisotopic (exact) mass is 516 g/mol. The van der Waals surface area contributed by atoms with Crippen LogP contribution in [0.3, 0.4) is 0 Å². The van der Waals surface area contributed by atoms with E-state index >= 15 is 0 Å². The first-order chi connectivity index (χ1) is 17.4. The number of carbonyl (C=O) groups is 3. The maximum atomic E-state index is 13.3. The summed E-state index contributed by atoms with van der Waals surface area (Å²) in [7, 11) is 0. The molecule has 0 aromatic heterocycles. The van der Waals surface area contributed by atoms with Crippen molar-refractivity contribution in [2.24, 2.45) is 0 Å². The summed E-state index contributed by atoms with van der Waals surface area (Å²) in [4.78, 5) is 40.2. The van der Waals surface area contributed by atoms with Gasteiger partial charge in [0.2, 0.25) is 11.8 Å². The predicted octanol–water partition coefficient (Wildman–Crippen LogP) is 6.07. The number of rotatable bonds is 5. The van der Waals surface area contributed by atoms with E-state index in [4.69, 9.17) is 23.2 Å². The molecule has 1 saturated heterocycles. The van der Waals surface area contributed by atoms with Gasteiger partial charge in [0.25, 0.3) is 0 Å². The van der Waals surface area contributed by atoms with Crippen LogP contribution in [0.4, 0.5) is 5.69 Å². The lowest BCUT2D eigenvalue weighted by Gasteiger charge is -2.29. The van der Waals surface area contributed by atoms with Crippen molar-refractivity contribution in [3.8, 4) is 0 Å². The standard InChI is InChI=1S/C29H22Cl2N2O3/c30-24-12-7-13-25(31)28(24)32-26(34)14-15-27(35)33-18-22(16-20-8-3-1-4-9-20)29(36)23(19-33)17-21-10-5-2-6-11-21/h1-17H,18-19H2,(H,32,34)/b15-14-,22-16+,23-17+. The summed E-state index contributed by atoms with van der Waals surface area (Å²) in [5.74, 6) is -1.06. The van der Waals surface area contributed by atoms with Crippen molar-refractivity contribution in [1.29, 1.82) is 0 Å². The molecule has 0 radical (unpaired) electrons. The molecule has 3 aromatic carbocycles. The molecule has 0 atom stereocenters. The van der Waals surface area contributed by atoms with E-state index in [1.165, 1.54) is 11.0 Å². The van der Waals surface area contributed by atoms with Crippen molar-refractivity contribution < 1.29 is 14.4 Å². The number of piperidine rings is 1. The lowest BCUT2D eigenvalue weighted by atomic mass is 9.94. The Morgan fingerprint density at radius 1 is 0.722 bits per heavy atom. The number of halogens is 2. The first-order valence-electron chi connectivity index (χ1n) is 11.2. The minimum Gasteiger partial charge on any atom is -0.330 e. The number of carbonyl (C=O) groups excluding carboxylic acids is 3. The molecule has 7 heteroatoms. The number of hydrogen-bond donors (Lipinski definition) is 1. The molecule has 0 aliphatic carbocycles. The van der Waals surface area contributed by atoms with Crippen LogP contribution in [0.1, 0.15) is 11.1 Å². The molecule has 0 unspecified atom stereocenters. The quantitative estimate of drug-likeness (QED) is 0.418. The number of hydrogen-bond acceptors (Lipinski definition) is 3. The van der Waals surface area contributed by atoms with Gasteiger partial charge in [-0.3, -0.25) is 14.4 Å². The van der Waals surface area contributed by atoms with Crippen LogP contribution in [-0.4, -0.2) is 35.6 Å². The zero-order valence-electron chi connectivity index (χ0n) is 19.2. The van der Waals surface area contributed by atoms with E-state index in [2.05, 4.69) is 5.32 Å². The number of amides is 2. The highest BCUT2D eigenvalue weighted by molar-refractivity contribution is 6.39. The van der Waals surface area contributed by atoms with Crippen molar-refractivity contribution in [1.82, 2.24) is 4.90 Å². The number of ketones is 1. The van der Waals surface area contributed by atoms with Gasteiger partial charge in [-0.25, -0.2) is 0 Å². The van der Waals surface area contributed by atoms with E-state index in [1.54, 1.807) is 30.4 Å². The smallest absolute Gasteiger partial charge is 0.248 e. The highest BCUT2D eigenvalue weighted by Crippen LogP contribution is 2.29. The lowest BCUT2D eigenvalue weighted by Crippen LogP contribution is -2.41. The van der Waals surface area contributed by atoms with Gasteiger partial charge in [0.05, 0.1) is 28.8 Å². The zero-order chi connectivity index (χ0) is 25.5. The lowest BCUT2D eigenvalue weighted by molar-refractivity contribution is -0.126. The van der Waals surface area contributed by atoms with Gasteiger partial charge in [-0.15, -0.1) is 0 Å². The van der Waals surface area contributed by atoms with E-state index in [1.807, 2.05) is 60.7 Å². The molecule has 0 bridgehead atoms. The van der Waals surface area contributed by atoms with Crippen molar-refractivity contribution in [2.45, 2.75) is 0 Å². The number of Topliss-reactive ketones (excluding diaryl/α,β-unsaturated/α-hetero) is 1. The molecule has 1 fully saturated rings. The van der Waals surface area contributed by atoms with Gasteiger partial charge in [-0.05, 0) is 35.4 Å². The molecule has 1 heterocycles. The van der Waals surface area contributed by atoms with Crippen LogP contribution >= 0.6 is 23.2 Å². The van der Waals surface area contributed by atoms with Crippen molar-refractivity contribution >= 4 is 58.6 Å². The van der Waals surface area contributed by atoms with E-state index < -0.39 is 11.8 Å². The average Bonchev–Trinajstić information content (AvgIpc) is 2.88. The molecule has 0 saturated carbocycles. The van der Waals surface area contributed by atoms with E-state index in [-0.39, 0.29) is 34.6 Å².